The van der Waals surface area contributed by atoms with Gasteiger partial charge < -0.3 is 0 Å². The van der Waals surface area contributed by atoms with Gasteiger partial charge in [0.25, 0.3) is 0 Å². The molecule has 0 radical (unpaired) electrons. The van der Waals surface area contributed by atoms with E-state index in [4.69, 9.17) is 0 Å². The van der Waals surface area contributed by atoms with Gasteiger partial charge >= 0.3 is 0 Å². The molecule has 0 unspecified atom stereocenters. The second kappa shape index (κ2) is 3.59. The molecule has 0 bridgehead atoms. The van der Waals surface area contributed by atoms with Crippen LogP contribution in [0, 0.1) is 12.7 Å². The van der Waals surface area contributed by atoms with Gasteiger partial charge in [0.05, 0.1) is 0 Å². The SMILES string of the molecule is CSc1cc(C)c(Br)cc1F. The molecule has 0 fully saturated rings. The Balaban J connectivity index is 3.21. The van der Waals surface area contributed by atoms with Crippen molar-refractivity contribution in [1.29, 1.82) is 0 Å². The summed E-state index contributed by atoms with van der Waals surface area (Å²) in [7, 11) is 0. The van der Waals surface area contributed by atoms with Gasteiger partial charge in [-0.1, -0.05) is 15.9 Å². The van der Waals surface area contributed by atoms with Crippen LogP contribution in [0.4, 0.5) is 4.39 Å². The fourth-order valence-electron chi connectivity index (χ4n) is 0.787. The third-order valence-corrected chi connectivity index (χ3v) is 3.04. The Morgan fingerprint density at radius 1 is 1.45 bits per heavy atom. The van der Waals surface area contributed by atoms with Crippen LogP contribution in [0.1, 0.15) is 5.56 Å². The molecule has 0 atom stereocenters. The van der Waals surface area contributed by atoms with Crippen LogP contribution in [-0.2, 0) is 0 Å². The summed E-state index contributed by atoms with van der Waals surface area (Å²) in [6.45, 7) is 1.95. The smallest absolute Gasteiger partial charge is 0.137 e. The monoisotopic (exact) mass is 234 g/mol. The first-order valence-corrected chi connectivity index (χ1v) is 5.16. The molecule has 0 saturated heterocycles. The molecule has 0 spiro atoms. The first-order chi connectivity index (χ1) is 5.15. The summed E-state index contributed by atoms with van der Waals surface area (Å²) in [6, 6.07) is 3.34. The van der Waals surface area contributed by atoms with Crippen LogP contribution < -0.4 is 0 Å². The van der Waals surface area contributed by atoms with Crippen molar-refractivity contribution in [2.75, 3.05) is 6.26 Å². The summed E-state index contributed by atoms with van der Waals surface area (Å²) in [5.41, 5.74) is 1.07. The number of thioether (sulfide) groups is 1. The minimum atomic E-state index is -0.157. The van der Waals surface area contributed by atoms with Gasteiger partial charge in [0, 0.05) is 9.37 Å². The Labute approximate surface area is 78.3 Å². The van der Waals surface area contributed by atoms with Gasteiger partial charge in [0.2, 0.25) is 0 Å². The topological polar surface area (TPSA) is 0 Å². The Hall–Kier alpha value is -0.0200. The van der Waals surface area contributed by atoms with Crippen molar-refractivity contribution in [3.63, 3.8) is 0 Å². The molecule has 60 valence electrons. The minimum absolute atomic E-state index is 0.157. The molecule has 0 aliphatic rings. The standard InChI is InChI=1S/C8H8BrFS/c1-5-3-8(11-2)7(10)4-6(5)9/h3-4H,1-2H3. The van der Waals surface area contributed by atoms with Gasteiger partial charge in [0.15, 0.2) is 0 Å². The van der Waals surface area contributed by atoms with Crippen molar-refractivity contribution >= 4 is 27.7 Å². The average Bonchev–Trinajstić information content (AvgIpc) is 1.97. The maximum Gasteiger partial charge on any atom is 0.137 e. The van der Waals surface area contributed by atoms with Crippen LogP contribution in [0.5, 0.6) is 0 Å². The summed E-state index contributed by atoms with van der Waals surface area (Å²) in [5.74, 6) is -0.157. The van der Waals surface area contributed by atoms with E-state index in [0.717, 1.165) is 10.0 Å². The number of hydrogen-bond acceptors (Lipinski definition) is 1. The molecule has 0 N–H and O–H groups in total. The van der Waals surface area contributed by atoms with E-state index in [1.165, 1.54) is 17.8 Å². The quantitative estimate of drug-likeness (QED) is 0.670. The van der Waals surface area contributed by atoms with Gasteiger partial charge in [-0.2, -0.15) is 0 Å². The van der Waals surface area contributed by atoms with Crippen molar-refractivity contribution in [2.24, 2.45) is 0 Å². The predicted molar refractivity (Wildman–Crippen MR) is 50.6 cm³/mol. The zero-order chi connectivity index (χ0) is 8.43. The van der Waals surface area contributed by atoms with Crippen LogP contribution in [0.2, 0.25) is 0 Å². The first-order valence-electron chi connectivity index (χ1n) is 3.15. The van der Waals surface area contributed by atoms with Crippen molar-refractivity contribution in [2.45, 2.75) is 11.8 Å². The molecule has 11 heavy (non-hydrogen) atoms. The zero-order valence-corrected chi connectivity index (χ0v) is 8.72. The third-order valence-electron chi connectivity index (χ3n) is 1.43. The van der Waals surface area contributed by atoms with E-state index in [9.17, 15) is 4.39 Å². The molecule has 0 nitrogen and oxygen atoms in total. The summed E-state index contributed by atoms with van der Waals surface area (Å²) in [6.07, 6.45) is 1.87. The molecule has 0 amide bonds. The Morgan fingerprint density at radius 3 is 2.64 bits per heavy atom. The molecule has 0 aliphatic carbocycles. The molecule has 0 aromatic heterocycles. The second-order valence-corrected chi connectivity index (χ2v) is 3.94. The highest BCUT2D eigenvalue weighted by atomic mass is 79.9. The number of hydrogen-bond donors (Lipinski definition) is 0. The van der Waals surface area contributed by atoms with E-state index in [2.05, 4.69) is 15.9 Å². The van der Waals surface area contributed by atoms with Crippen molar-refractivity contribution < 1.29 is 4.39 Å². The highest BCUT2D eigenvalue weighted by molar-refractivity contribution is 9.10. The highest BCUT2D eigenvalue weighted by Crippen LogP contribution is 2.25. The lowest BCUT2D eigenvalue weighted by Crippen LogP contribution is -1.83. The summed E-state index contributed by atoms with van der Waals surface area (Å²) in [4.78, 5) is 0.700. The minimum Gasteiger partial charge on any atom is -0.206 e. The number of aryl methyl sites for hydroxylation is 1. The zero-order valence-electron chi connectivity index (χ0n) is 6.32. The van der Waals surface area contributed by atoms with Gasteiger partial charge in [-0.3, -0.25) is 0 Å². The maximum atomic E-state index is 13.0. The molecule has 3 heteroatoms. The van der Waals surface area contributed by atoms with Gasteiger partial charge in [-0.25, -0.2) is 4.39 Å². The van der Waals surface area contributed by atoms with Crippen molar-refractivity contribution in [3.8, 4) is 0 Å². The molecule has 0 saturated carbocycles. The van der Waals surface area contributed by atoms with Crippen molar-refractivity contribution in [3.05, 3.63) is 28.0 Å². The highest BCUT2D eigenvalue weighted by Gasteiger charge is 2.03. The van der Waals surface area contributed by atoms with E-state index < -0.39 is 0 Å². The number of halogens is 2. The van der Waals surface area contributed by atoms with Crippen LogP contribution in [0.15, 0.2) is 21.5 Å². The lowest BCUT2D eigenvalue weighted by Gasteiger charge is -2.02. The second-order valence-electron chi connectivity index (χ2n) is 2.24. The Kier molecular flexibility index (Phi) is 2.96. The maximum absolute atomic E-state index is 13.0. The van der Waals surface area contributed by atoms with E-state index in [1.807, 2.05) is 19.2 Å². The van der Waals surface area contributed by atoms with E-state index in [0.29, 0.717) is 4.90 Å². The normalized spacial score (nSPS) is 10.2. The van der Waals surface area contributed by atoms with E-state index in [-0.39, 0.29) is 5.82 Å². The van der Waals surface area contributed by atoms with Crippen LogP contribution in [0.25, 0.3) is 0 Å². The van der Waals surface area contributed by atoms with Crippen LogP contribution in [-0.4, -0.2) is 6.26 Å². The third kappa shape index (κ3) is 1.97. The van der Waals surface area contributed by atoms with Crippen LogP contribution in [0.3, 0.4) is 0 Å². The summed E-state index contributed by atoms with van der Waals surface area (Å²) >= 11 is 4.68. The summed E-state index contributed by atoms with van der Waals surface area (Å²) < 4.78 is 13.8. The van der Waals surface area contributed by atoms with Gasteiger partial charge in [-0.15, -0.1) is 11.8 Å². The van der Waals surface area contributed by atoms with E-state index >= 15 is 0 Å². The predicted octanol–water partition coefficient (Wildman–Crippen LogP) is 3.62. The lowest BCUT2D eigenvalue weighted by atomic mass is 10.2. The number of rotatable bonds is 1. The molecular formula is C8H8BrFS. The molecule has 1 aromatic carbocycles. The Morgan fingerprint density at radius 2 is 2.09 bits per heavy atom. The molecule has 0 heterocycles. The fourth-order valence-corrected chi connectivity index (χ4v) is 1.65. The van der Waals surface area contributed by atoms with Gasteiger partial charge in [-0.05, 0) is 30.9 Å². The summed E-state index contributed by atoms with van der Waals surface area (Å²) in [5, 5.41) is 0. The van der Waals surface area contributed by atoms with E-state index in [1.54, 1.807) is 0 Å². The largest absolute Gasteiger partial charge is 0.206 e. The van der Waals surface area contributed by atoms with Crippen LogP contribution >= 0.6 is 27.7 Å². The average molecular weight is 235 g/mol. The molecule has 1 aromatic rings. The van der Waals surface area contributed by atoms with Crippen molar-refractivity contribution in [1.82, 2.24) is 0 Å². The first kappa shape index (κ1) is 9.07. The molecule has 0 aliphatic heterocycles. The number of benzene rings is 1. The molecule has 1 rings (SSSR count). The fraction of sp³-hybridized carbons (Fsp3) is 0.250. The Bertz CT molecular complexity index is 273. The molecular weight excluding hydrogens is 227 g/mol. The van der Waals surface area contributed by atoms with Gasteiger partial charge in [0.1, 0.15) is 5.82 Å². The lowest BCUT2D eigenvalue weighted by molar-refractivity contribution is 0.600.